The van der Waals surface area contributed by atoms with Crippen molar-refractivity contribution in [2.24, 2.45) is 0 Å². The van der Waals surface area contributed by atoms with E-state index in [0.717, 1.165) is 30.3 Å². The Morgan fingerprint density at radius 2 is 2.39 bits per heavy atom. The lowest BCUT2D eigenvalue weighted by Crippen LogP contribution is -2.23. The predicted molar refractivity (Wildman–Crippen MR) is 70.6 cm³/mol. The van der Waals surface area contributed by atoms with Crippen LogP contribution in [0.5, 0.6) is 0 Å². The molecular weight excluding hydrogens is 250 g/mol. The van der Waals surface area contributed by atoms with E-state index in [1.807, 2.05) is 18.5 Å². The van der Waals surface area contributed by atoms with Crippen molar-refractivity contribution in [2.75, 3.05) is 12.4 Å². The van der Waals surface area contributed by atoms with Crippen LogP contribution in [0.1, 0.15) is 33.6 Å². The van der Waals surface area contributed by atoms with E-state index in [-0.39, 0.29) is 11.9 Å². The van der Waals surface area contributed by atoms with Gasteiger partial charge in [-0.05, 0) is 20.3 Å². The fourth-order valence-electron chi connectivity index (χ4n) is 1.77. The third-order valence-corrected chi connectivity index (χ3v) is 3.73. The zero-order valence-electron chi connectivity index (χ0n) is 11.3. The average molecular weight is 271 g/mol. The number of rotatable bonds is 6. The summed E-state index contributed by atoms with van der Waals surface area (Å²) in [5.41, 5.74) is -0.166. The summed E-state index contributed by atoms with van der Waals surface area (Å²) in [5, 5.41) is 5.18. The molecule has 18 heavy (non-hydrogen) atoms. The molecule has 0 saturated carbocycles. The third-order valence-electron chi connectivity index (χ3n) is 2.72. The number of unbranched alkanes of at least 4 members (excludes halogenated alkanes) is 1. The normalized spacial score (nSPS) is 22.5. The fourth-order valence-corrected chi connectivity index (χ4v) is 2.63. The van der Waals surface area contributed by atoms with Gasteiger partial charge in [-0.2, -0.15) is 5.10 Å². The molecule has 0 N–H and O–H groups in total. The smallest absolute Gasteiger partial charge is 0.186 e. The van der Waals surface area contributed by atoms with Crippen molar-refractivity contribution in [3.8, 4) is 0 Å². The van der Waals surface area contributed by atoms with Gasteiger partial charge in [0.15, 0.2) is 11.4 Å². The first-order chi connectivity index (χ1) is 8.61. The number of nitrogens with zero attached hydrogens (tertiary/aromatic N) is 3. The van der Waals surface area contributed by atoms with Crippen LogP contribution in [0.2, 0.25) is 0 Å². The second-order valence-electron chi connectivity index (χ2n) is 5.05. The lowest BCUT2D eigenvalue weighted by molar-refractivity contribution is -0.0611. The van der Waals surface area contributed by atoms with E-state index in [2.05, 4.69) is 17.0 Å². The first-order valence-corrected chi connectivity index (χ1v) is 7.39. The maximum Gasteiger partial charge on any atom is 0.186 e. The lowest BCUT2D eigenvalue weighted by Gasteiger charge is -2.15. The number of aryl methyl sites for hydroxylation is 1. The molecule has 0 aromatic carbocycles. The first kappa shape index (κ1) is 13.8. The molecule has 2 heterocycles. The highest BCUT2D eigenvalue weighted by Gasteiger charge is 2.32. The van der Waals surface area contributed by atoms with Gasteiger partial charge < -0.3 is 9.47 Å². The summed E-state index contributed by atoms with van der Waals surface area (Å²) in [6.07, 6.45) is 3.76. The lowest BCUT2D eigenvalue weighted by atomic mass is 10.2. The summed E-state index contributed by atoms with van der Waals surface area (Å²) in [6, 6.07) is 0. The predicted octanol–water partition coefficient (Wildman–Crippen LogP) is 2.32. The Morgan fingerprint density at radius 3 is 3.06 bits per heavy atom. The van der Waals surface area contributed by atoms with Crippen LogP contribution in [0.4, 0.5) is 0 Å². The summed E-state index contributed by atoms with van der Waals surface area (Å²) in [7, 11) is 0. The van der Waals surface area contributed by atoms with Crippen LogP contribution >= 0.6 is 11.8 Å². The van der Waals surface area contributed by atoms with Crippen molar-refractivity contribution in [3.63, 3.8) is 0 Å². The van der Waals surface area contributed by atoms with Crippen LogP contribution in [0.15, 0.2) is 11.5 Å². The molecule has 2 rings (SSSR count). The van der Waals surface area contributed by atoms with Crippen molar-refractivity contribution in [2.45, 2.75) is 57.2 Å². The second-order valence-corrected chi connectivity index (χ2v) is 6.04. The van der Waals surface area contributed by atoms with Crippen LogP contribution in [-0.2, 0) is 16.0 Å². The molecule has 5 nitrogen and oxygen atoms in total. The van der Waals surface area contributed by atoms with Gasteiger partial charge in [0.1, 0.15) is 6.33 Å². The van der Waals surface area contributed by atoms with Gasteiger partial charge in [0.25, 0.3) is 0 Å². The van der Waals surface area contributed by atoms with Crippen LogP contribution in [0, 0.1) is 0 Å². The monoisotopic (exact) mass is 271 g/mol. The molecule has 0 spiro atoms. The Kier molecular flexibility index (Phi) is 4.64. The van der Waals surface area contributed by atoms with Crippen LogP contribution in [-0.4, -0.2) is 39.0 Å². The number of thioether (sulfide) groups is 1. The summed E-state index contributed by atoms with van der Waals surface area (Å²) >= 11 is 1.64. The van der Waals surface area contributed by atoms with Crippen LogP contribution in [0.3, 0.4) is 0 Å². The maximum absolute atomic E-state index is 5.77. The Morgan fingerprint density at radius 1 is 1.56 bits per heavy atom. The van der Waals surface area contributed by atoms with Crippen molar-refractivity contribution < 1.29 is 9.47 Å². The molecule has 1 aliphatic rings. The van der Waals surface area contributed by atoms with E-state index in [9.17, 15) is 0 Å². The number of aromatic nitrogens is 3. The molecule has 1 atom stereocenters. The minimum Gasteiger partial charge on any atom is -0.349 e. The molecule has 1 saturated heterocycles. The van der Waals surface area contributed by atoms with Crippen molar-refractivity contribution in [1.29, 1.82) is 0 Å². The van der Waals surface area contributed by atoms with E-state index in [4.69, 9.17) is 9.47 Å². The van der Waals surface area contributed by atoms with Crippen LogP contribution in [0.25, 0.3) is 0 Å². The van der Waals surface area contributed by atoms with Gasteiger partial charge in [0.05, 0.1) is 18.0 Å². The quantitative estimate of drug-likeness (QED) is 0.743. The fraction of sp³-hybridized carbons (Fsp3) is 0.833. The Balaban J connectivity index is 1.81. The average Bonchev–Trinajstić information content (AvgIpc) is 2.90. The molecule has 1 fully saturated rings. The molecule has 0 radical (unpaired) electrons. The summed E-state index contributed by atoms with van der Waals surface area (Å²) in [4.78, 5) is 4.27. The van der Waals surface area contributed by atoms with Crippen molar-refractivity contribution in [3.05, 3.63) is 6.33 Å². The number of hydrogen-bond donors (Lipinski definition) is 0. The molecular formula is C12H21N3O2S. The van der Waals surface area contributed by atoms with Crippen molar-refractivity contribution in [1.82, 2.24) is 14.8 Å². The Labute approximate surface area is 112 Å². The minimum absolute atomic E-state index is 0.138. The first-order valence-electron chi connectivity index (χ1n) is 6.41. The molecule has 1 aromatic rings. The van der Waals surface area contributed by atoms with Gasteiger partial charge in [-0.15, -0.1) is 0 Å². The molecule has 1 unspecified atom stereocenters. The molecule has 6 heteroatoms. The van der Waals surface area contributed by atoms with E-state index in [1.165, 1.54) is 0 Å². The number of ether oxygens (including phenoxy) is 2. The molecule has 1 aromatic heterocycles. The van der Waals surface area contributed by atoms with Gasteiger partial charge in [-0.25, -0.2) is 9.67 Å². The van der Waals surface area contributed by atoms with E-state index < -0.39 is 0 Å². The molecule has 0 bridgehead atoms. The summed E-state index contributed by atoms with van der Waals surface area (Å²) < 4.78 is 13.3. The molecule has 0 amide bonds. The highest BCUT2D eigenvalue weighted by Crippen LogP contribution is 2.26. The molecule has 0 aliphatic carbocycles. The maximum atomic E-state index is 5.77. The summed E-state index contributed by atoms with van der Waals surface area (Å²) in [5.74, 6) is 0.758. The number of hydrogen-bond acceptors (Lipinski definition) is 5. The SMILES string of the molecule is CCCCn1ncnc1SCC1OCC(C)(C)O1. The van der Waals surface area contributed by atoms with E-state index >= 15 is 0 Å². The Hall–Kier alpha value is -0.590. The largest absolute Gasteiger partial charge is 0.349 e. The van der Waals surface area contributed by atoms with Gasteiger partial charge >= 0.3 is 0 Å². The molecule has 102 valence electrons. The third kappa shape index (κ3) is 3.70. The molecule has 1 aliphatic heterocycles. The van der Waals surface area contributed by atoms with E-state index in [0.29, 0.717) is 6.61 Å². The highest BCUT2D eigenvalue weighted by molar-refractivity contribution is 7.99. The zero-order valence-corrected chi connectivity index (χ0v) is 12.1. The van der Waals surface area contributed by atoms with Crippen molar-refractivity contribution >= 4 is 11.8 Å². The second kappa shape index (κ2) is 6.04. The Bertz CT molecular complexity index is 381. The zero-order chi connectivity index (χ0) is 13.0. The van der Waals surface area contributed by atoms with Gasteiger partial charge in [-0.3, -0.25) is 0 Å². The van der Waals surface area contributed by atoms with E-state index in [1.54, 1.807) is 18.1 Å². The minimum atomic E-state index is -0.166. The van der Waals surface area contributed by atoms with Gasteiger partial charge in [0.2, 0.25) is 0 Å². The summed E-state index contributed by atoms with van der Waals surface area (Å²) in [6.45, 7) is 7.84. The van der Waals surface area contributed by atoms with Crippen LogP contribution < -0.4 is 0 Å². The highest BCUT2D eigenvalue weighted by atomic mass is 32.2. The topological polar surface area (TPSA) is 49.2 Å². The van der Waals surface area contributed by atoms with Gasteiger partial charge in [0, 0.05) is 6.54 Å². The van der Waals surface area contributed by atoms with Gasteiger partial charge in [-0.1, -0.05) is 25.1 Å². The standard InChI is InChI=1S/C12H21N3O2S/c1-4-5-6-15-11(13-9-14-15)18-7-10-16-8-12(2,3)17-10/h9-10H,4-8H2,1-3H3.